The highest BCUT2D eigenvalue weighted by atomic mass is 35.5. The molecule has 0 aliphatic carbocycles. The molecule has 0 saturated carbocycles. The van der Waals surface area contributed by atoms with E-state index in [4.69, 9.17) is 16.3 Å². The molecule has 2 atom stereocenters. The third-order valence-corrected chi connectivity index (χ3v) is 4.41. The zero-order chi connectivity index (χ0) is 14.5. The molecule has 20 heavy (non-hydrogen) atoms. The molecular formula is C15H25ClN2O2. The second kappa shape index (κ2) is 7.43. The van der Waals surface area contributed by atoms with Crippen LogP contribution in [0.15, 0.2) is 0 Å². The van der Waals surface area contributed by atoms with Crippen LogP contribution in [0, 0.1) is 0 Å². The number of aliphatic hydroxyl groups excluding tert-OH is 1. The Balaban J connectivity index is 1.92. The van der Waals surface area contributed by atoms with Crippen LogP contribution in [-0.2, 0) is 24.1 Å². The van der Waals surface area contributed by atoms with Gasteiger partial charge in [0.2, 0.25) is 0 Å². The first-order valence-electron chi connectivity index (χ1n) is 7.69. The quantitative estimate of drug-likeness (QED) is 0.842. The predicted molar refractivity (Wildman–Crippen MR) is 80.2 cm³/mol. The predicted octanol–water partition coefficient (Wildman–Crippen LogP) is 2.98. The Bertz CT molecular complexity index is 428. The van der Waals surface area contributed by atoms with E-state index in [1.54, 1.807) is 0 Å². The highest BCUT2D eigenvalue weighted by Gasteiger charge is 2.20. The highest BCUT2D eigenvalue weighted by molar-refractivity contribution is 6.31. The van der Waals surface area contributed by atoms with Gasteiger partial charge in [-0.25, -0.2) is 0 Å². The number of aromatic nitrogens is 2. The van der Waals surface area contributed by atoms with Crippen LogP contribution in [-0.4, -0.2) is 33.7 Å². The summed E-state index contributed by atoms with van der Waals surface area (Å²) in [5, 5.41) is 15.4. The standard InChI is InChI=1S/C15H25ClN2O2/c1-3-13-15(16)14(18(4-2)17-13)10-11(19)7-8-12-6-5-9-20-12/h11-12,19H,3-10H2,1-2H3. The fourth-order valence-corrected chi connectivity index (χ4v) is 3.13. The largest absolute Gasteiger partial charge is 0.393 e. The van der Waals surface area contributed by atoms with E-state index in [-0.39, 0.29) is 6.10 Å². The molecule has 1 aromatic rings. The van der Waals surface area contributed by atoms with E-state index in [0.29, 0.717) is 12.5 Å². The van der Waals surface area contributed by atoms with Crippen molar-refractivity contribution in [3.05, 3.63) is 16.4 Å². The van der Waals surface area contributed by atoms with E-state index in [9.17, 15) is 5.11 Å². The zero-order valence-electron chi connectivity index (χ0n) is 12.4. The van der Waals surface area contributed by atoms with Gasteiger partial charge < -0.3 is 9.84 Å². The minimum atomic E-state index is -0.372. The van der Waals surface area contributed by atoms with Crippen molar-refractivity contribution >= 4 is 11.6 Å². The van der Waals surface area contributed by atoms with Crippen LogP contribution in [0.3, 0.4) is 0 Å². The van der Waals surface area contributed by atoms with Crippen molar-refractivity contribution in [3.8, 4) is 0 Å². The first kappa shape index (κ1) is 15.8. The molecule has 0 aromatic carbocycles. The van der Waals surface area contributed by atoms with Crippen LogP contribution in [0.1, 0.15) is 50.9 Å². The van der Waals surface area contributed by atoms with Crippen molar-refractivity contribution in [2.45, 2.75) is 71.1 Å². The summed E-state index contributed by atoms with van der Waals surface area (Å²) in [6.45, 7) is 5.75. The molecule has 1 aliphatic rings. The average molecular weight is 301 g/mol. The summed E-state index contributed by atoms with van der Waals surface area (Å²) in [5.74, 6) is 0. The topological polar surface area (TPSA) is 47.3 Å². The van der Waals surface area contributed by atoms with Crippen LogP contribution in [0.2, 0.25) is 5.02 Å². The fourth-order valence-electron chi connectivity index (χ4n) is 2.79. The third-order valence-electron chi connectivity index (χ3n) is 3.97. The van der Waals surface area contributed by atoms with E-state index < -0.39 is 0 Å². The van der Waals surface area contributed by atoms with Crippen molar-refractivity contribution in [1.29, 1.82) is 0 Å². The molecule has 0 radical (unpaired) electrons. The Hall–Kier alpha value is -0.580. The van der Waals surface area contributed by atoms with Gasteiger partial charge in [0.25, 0.3) is 0 Å². The fraction of sp³-hybridized carbons (Fsp3) is 0.800. The minimum absolute atomic E-state index is 0.336. The molecule has 2 heterocycles. The normalized spacial score (nSPS) is 20.5. The summed E-state index contributed by atoms with van der Waals surface area (Å²) in [7, 11) is 0. The number of nitrogens with zero attached hydrogens (tertiary/aromatic N) is 2. The van der Waals surface area contributed by atoms with Crippen LogP contribution in [0.4, 0.5) is 0 Å². The first-order valence-corrected chi connectivity index (χ1v) is 8.07. The maximum Gasteiger partial charge on any atom is 0.0850 e. The summed E-state index contributed by atoms with van der Waals surface area (Å²) in [6.07, 6.45) is 5.33. The lowest BCUT2D eigenvalue weighted by Crippen LogP contribution is -2.17. The summed E-state index contributed by atoms with van der Waals surface area (Å²) < 4.78 is 7.50. The molecule has 1 aromatic heterocycles. The van der Waals surface area contributed by atoms with E-state index in [2.05, 4.69) is 5.10 Å². The van der Waals surface area contributed by atoms with E-state index in [1.807, 2.05) is 18.5 Å². The van der Waals surface area contributed by atoms with Gasteiger partial charge in [-0.2, -0.15) is 5.10 Å². The molecule has 0 amide bonds. The molecular weight excluding hydrogens is 276 g/mol. The molecule has 1 N–H and O–H groups in total. The van der Waals surface area contributed by atoms with Crippen molar-refractivity contribution < 1.29 is 9.84 Å². The van der Waals surface area contributed by atoms with Crippen molar-refractivity contribution in [3.63, 3.8) is 0 Å². The Morgan fingerprint density at radius 2 is 2.30 bits per heavy atom. The monoisotopic (exact) mass is 300 g/mol. The Kier molecular flexibility index (Phi) is 5.87. The smallest absolute Gasteiger partial charge is 0.0850 e. The lowest BCUT2D eigenvalue weighted by Gasteiger charge is -2.14. The number of halogens is 1. The zero-order valence-corrected chi connectivity index (χ0v) is 13.2. The van der Waals surface area contributed by atoms with Gasteiger partial charge in [0.05, 0.1) is 28.6 Å². The number of ether oxygens (including phenoxy) is 1. The Labute approximate surface area is 126 Å². The highest BCUT2D eigenvalue weighted by Crippen LogP contribution is 2.24. The lowest BCUT2D eigenvalue weighted by molar-refractivity contribution is 0.0808. The third kappa shape index (κ3) is 3.74. The van der Waals surface area contributed by atoms with Crippen molar-refractivity contribution in [2.75, 3.05) is 6.61 Å². The SMILES string of the molecule is CCc1nn(CC)c(CC(O)CCC2CCCO2)c1Cl. The van der Waals surface area contributed by atoms with Gasteiger partial charge in [-0.05, 0) is 39.0 Å². The summed E-state index contributed by atoms with van der Waals surface area (Å²) in [5.41, 5.74) is 1.89. The van der Waals surface area contributed by atoms with Crippen LogP contribution in [0.5, 0.6) is 0 Å². The van der Waals surface area contributed by atoms with Gasteiger partial charge >= 0.3 is 0 Å². The van der Waals surface area contributed by atoms with Crippen LogP contribution < -0.4 is 0 Å². The molecule has 2 unspecified atom stereocenters. The van der Waals surface area contributed by atoms with Gasteiger partial charge in [0, 0.05) is 19.6 Å². The van der Waals surface area contributed by atoms with Crippen LogP contribution >= 0.6 is 11.6 Å². The van der Waals surface area contributed by atoms with Gasteiger partial charge in [-0.15, -0.1) is 0 Å². The van der Waals surface area contributed by atoms with Crippen molar-refractivity contribution in [2.24, 2.45) is 0 Å². The molecule has 1 fully saturated rings. The minimum Gasteiger partial charge on any atom is -0.393 e. The second-order valence-corrected chi connectivity index (χ2v) is 5.82. The molecule has 0 bridgehead atoms. The Morgan fingerprint density at radius 1 is 1.50 bits per heavy atom. The summed E-state index contributed by atoms with van der Waals surface area (Å²) in [4.78, 5) is 0. The maximum atomic E-state index is 10.2. The number of hydrogen-bond acceptors (Lipinski definition) is 3. The molecule has 1 aliphatic heterocycles. The van der Waals surface area contributed by atoms with Gasteiger partial charge in [-0.3, -0.25) is 4.68 Å². The number of hydrogen-bond donors (Lipinski definition) is 1. The number of aryl methyl sites for hydroxylation is 2. The second-order valence-electron chi connectivity index (χ2n) is 5.45. The summed E-state index contributed by atoms with van der Waals surface area (Å²) in [6, 6.07) is 0. The molecule has 0 spiro atoms. The van der Waals surface area contributed by atoms with Crippen LogP contribution in [0.25, 0.3) is 0 Å². The van der Waals surface area contributed by atoms with Gasteiger partial charge in [0.15, 0.2) is 0 Å². The molecule has 2 rings (SSSR count). The first-order chi connectivity index (χ1) is 9.65. The average Bonchev–Trinajstić information content (AvgIpc) is 3.06. The Morgan fingerprint density at radius 3 is 2.90 bits per heavy atom. The molecule has 4 nitrogen and oxygen atoms in total. The van der Waals surface area contributed by atoms with E-state index in [1.165, 1.54) is 0 Å². The maximum absolute atomic E-state index is 10.2. The molecule has 114 valence electrons. The van der Waals surface area contributed by atoms with E-state index >= 15 is 0 Å². The summed E-state index contributed by atoms with van der Waals surface area (Å²) >= 11 is 6.36. The van der Waals surface area contributed by atoms with Gasteiger partial charge in [-0.1, -0.05) is 18.5 Å². The lowest BCUT2D eigenvalue weighted by atomic mass is 10.0. The van der Waals surface area contributed by atoms with Gasteiger partial charge in [0.1, 0.15) is 0 Å². The molecule has 5 heteroatoms. The number of rotatable bonds is 7. The number of aliphatic hydroxyl groups is 1. The molecule has 1 saturated heterocycles. The van der Waals surface area contributed by atoms with E-state index in [0.717, 1.165) is 61.7 Å². The van der Waals surface area contributed by atoms with Crippen molar-refractivity contribution in [1.82, 2.24) is 9.78 Å².